The van der Waals surface area contributed by atoms with Gasteiger partial charge in [0.05, 0.1) is 38.6 Å². The van der Waals surface area contributed by atoms with Crippen LogP contribution < -0.4 is 5.32 Å². The fourth-order valence-electron chi connectivity index (χ4n) is 12.0. The van der Waals surface area contributed by atoms with Crippen molar-refractivity contribution in [1.82, 2.24) is 5.32 Å². The molecule has 0 saturated carbocycles. The molecule has 17 unspecified atom stereocenters. The predicted octanol–water partition coefficient (Wildman–Crippen LogP) is 8.50. The number of nitrogens with one attached hydrogen (secondary N) is 1. The minimum Gasteiger partial charge on any atom is -0.394 e. The SMILES string of the molecule is CCCCCCCCCC/C=C/C(O)C(COC1OC(CO)C(OC2OC(CO)C(OC3OC(CO)C(O)C(O)C3O)C(O)C2O)C(O)C1O)NC(=O)CCCCCCCCCCCCCCCCCCCCCCCCCCCCCCCC. The maximum absolute atomic E-state index is 13.3. The monoisotopic (exact) mass is 1220 g/mol. The Morgan fingerprint density at radius 2 is 0.729 bits per heavy atom. The van der Waals surface area contributed by atoms with Gasteiger partial charge < -0.3 is 89.9 Å². The molecular formula is C66H125NO18. The van der Waals surface area contributed by atoms with E-state index in [1.165, 1.54) is 199 Å². The van der Waals surface area contributed by atoms with Gasteiger partial charge in [-0.2, -0.15) is 0 Å². The minimum absolute atomic E-state index is 0.249. The van der Waals surface area contributed by atoms with E-state index in [2.05, 4.69) is 19.2 Å². The number of carbonyl (C=O) groups is 1. The van der Waals surface area contributed by atoms with Crippen LogP contribution in [-0.2, 0) is 33.2 Å². The summed E-state index contributed by atoms with van der Waals surface area (Å²) in [5.74, 6) is -0.272. The number of amides is 1. The van der Waals surface area contributed by atoms with Crippen LogP contribution in [0.15, 0.2) is 12.2 Å². The van der Waals surface area contributed by atoms with Gasteiger partial charge in [-0.25, -0.2) is 0 Å². The van der Waals surface area contributed by atoms with Crippen molar-refractivity contribution in [3.8, 4) is 0 Å². The first-order chi connectivity index (χ1) is 41.3. The second-order valence-electron chi connectivity index (χ2n) is 25.0. The van der Waals surface area contributed by atoms with Crippen molar-refractivity contribution in [3.63, 3.8) is 0 Å². The molecule has 17 atom stereocenters. The highest BCUT2D eigenvalue weighted by Gasteiger charge is 2.53. The summed E-state index contributed by atoms with van der Waals surface area (Å²) >= 11 is 0. The van der Waals surface area contributed by atoms with E-state index in [1.807, 2.05) is 6.08 Å². The van der Waals surface area contributed by atoms with Gasteiger partial charge in [-0.1, -0.05) is 257 Å². The van der Waals surface area contributed by atoms with E-state index in [4.69, 9.17) is 28.4 Å². The largest absolute Gasteiger partial charge is 0.394 e. The van der Waals surface area contributed by atoms with Crippen molar-refractivity contribution >= 4 is 5.91 Å². The summed E-state index contributed by atoms with van der Waals surface area (Å²) in [6.07, 6.45) is 26.6. The van der Waals surface area contributed by atoms with E-state index in [1.54, 1.807) is 6.08 Å². The van der Waals surface area contributed by atoms with E-state index < -0.39 is 124 Å². The van der Waals surface area contributed by atoms with E-state index in [-0.39, 0.29) is 18.9 Å². The van der Waals surface area contributed by atoms with Crippen molar-refractivity contribution in [3.05, 3.63) is 12.2 Å². The number of unbranched alkanes of at least 4 members (excludes halogenated alkanes) is 37. The fraction of sp³-hybridized carbons (Fsp3) is 0.955. The molecule has 12 N–H and O–H groups in total. The standard InChI is InChI=1S/C66H125NO18/c1-3-5-7-9-11-13-15-16-17-18-19-20-21-22-23-24-25-26-27-28-29-30-31-32-33-34-36-38-40-42-44-54(72)67-49(50(71)43-41-39-37-35-14-12-10-8-6-4-2)48-80-64-60(78)57(75)62(52(46-69)82-64)85-66-61(79)58(76)63(53(47-70)83-66)84-65-59(77)56(74)55(73)51(45-68)81-65/h41,43,49-53,55-66,68-71,73-79H,3-40,42,44-48H2,1-2H3,(H,67,72)/b43-41+. The Kier molecular flexibility index (Phi) is 45.1. The number of ether oxygens (including phenoxy) is 6. The highest BCUT2D eigenvalue weighted by atomic mass is 16.8. The topological polar surface area (TPSA) is 307 Å². The van der Waals surface area contributed by atoms with E-state index in [0.29, 0.717) is 6.42 Å². The highest BCUT2D eigenvalue weighted by molar-refractivity contribution is 5.76. The highest BCUT2D eigenvalue weighted by Crippen LogP contribution is 2.33. The van der Waals surface area contributed by atoms with Crippen LogP contribution in [0.5, 0.6) is 0 Å². The van der Waals surface area contributed by atoms with Crippen LogP contribution in [0.2, 0.25) is 0 Å². The maximum atomic E-state index is 13.3. The average molecular weight is 1220 g/mol. The molecule has 3 heterocycles. The van der Waals surface area contributed by atoms with E-state index in [9.17, 15) is 61.0 Å². The number of aliphatic hydroxyl groups excluding tert-OH is 11. The number of allylic oxidation sites excluding steroid dienone is 1. The van der Waals surface area contributed by atoms with Gasteiger partial charge in [0.2, 0.25) is 5.91 Å². The number of rotatable bonds is 53. The van der Waals surface area contributed by atoms with Gasteiger partial charge in [-0.15, -0.1) is 0 Å². The lowest BCUT2D eigenvalue weighted by Gasteiger charge is -2.48. The molecule has 3 rings (SSSR count). The molecule has 1 amide bonds. The van der Waals surface area contributed by atoms with Crippen molar-refractivity contribution in [1.29, 1.82) is 0 Å². The molecule has 85 heavy (non-hydrogen) atoms. The second kappa shape index (κ2) is 49.3. The van der Waals surface area contributed by atoms with Crippen LogP contribution in [-0.4, -0.2) is 193 Å². The summed E-state index contributed by atoms with van der Waals surface area (Å²) in [6.45, 7) is 1.73. The van der Waals surface area contributed by atoms with Gasteiger partial charge >= 0.3 is 0 Å². The molecule has 3 fully saturated rings. The Morgan fingerprint density at radius 3 is 1.11 bits per heavy atom. The molecule has 3 aliphatic rings. The third-order valence-electron chi connectivity index (χ3n) is 17.6. The van der Waals surface area contributed by atoms with Crippen molar-refractivity contribution < 1.29 is 89.4 Å². The summed E-state index contributed by atoms with van der Waals surface area (Å²) < 4.78 is 34.3. The van der Waals surface area contributed by atoms with Crippen molar-refractivity contribution in [2.45, 2.75) is 375 Å². The summed E-state index contributed by atoms with van der Waals surface area (Å²) in [5, 5.41) is 120. The summed E-state index contributed by atoms with van der Waals surface area (Å²) in [5.41, 5.74) is 0. The molecular weight excluding hydrogens is 1090 g/mol. The Balaban J connectivity index is 1.35. The molecule has 19 heteroatoms. The second-order valence-corrected chi connectivity index (χ2v) is 25.0. The molecule has 0 radical (unpaired) electrons. The molecule has 3 saturated heterocycles. The predicted molar refractivity (Wildman–Crippen MR) is 328 cm³/mol. The van der Waals surface area contributed by atoms with Crippen molar-refractivity contribution in [2.75, 3.05) is 26.4 Å². The van der Waals surface area contributed by atoms with Crippen LogP contribution in [0.1, 0.15) is 271 Å². The smallest absolute Gasteiger partial charge is 0.220 e. The molecule has 19 nitrogen and oxygen atoms in total. The third-order valence-corrected chi connectivity index (χ3v) is 17.6. The Morgan fingerprint density at radius 1 is 0.412 bits per heavy atom. The number of hydrogen-bond acceptors (Lipinski definition) is 18. The van der Waals surface area contributed by atoms with E-state index >= 15 is 0 Å². The van der Waals surface area contributed by atoms with Gasteiger partial charge in [0.1, 0.15) is 73.2 Å². The first-order valence-electron chi connectivity index (χ1n) is 34.4. The van der Waals surface area contributed by atoms with E-state index in [0.717, 1.165) is 44.9 Å². The average Bonchev–Trinajstić information content (AvgIpc) is 2.15. The zero-order valence-electron chi connectivity index (χ0n) is 52.9. The molecule has 0 bridgehead atoms. The van der Waals surface area contributed by atoms with Gasteiger partial charge in [0.25, 0.3) is 0 Å². The van der Waals surface area contributed by atoms with Crippen LogP contribution in [0.25, 0.3) is 0 Å². The van der Waals surface area contributed by atoms with Gasteiger partial charge in [-0.3, -0.25) is 4.79 Å². The van der Waals surface area contributed by atoms with Gasteiger partial charge in [0.15, 0.2) is 18.9 Å². The number of carbonyl (C=O) groups excluding carboxylic acids is 1. The van der Waals surface area contributed by atoms with Crippen LogP contribution in [0.3, 0.4) is 0 Å². The van der Waals surface area contributed by atoms with Crippen LogP contribution in [0, 0.1) is 0 Å². The zero-order valence-corrected chi connectivity index (χ0v) is 52.9. The van der Waals surface area contributed by atoms with Gasteiger partial charge in [0, 0.05) is 6.42 Å². The molecule has 3 aliphatic heterocycles. The molecule has 0 aliphatic carbocycles. The third kappa shape index (κ3) is 31.9. The summed E-state index contributed by atoms with van der Waals surface area (Å²) in [6, 6.07) is -0.966. The van der Waals surface area contributed by atoms with Crippen LogP contribution in [0.4, 0.5) is 0 Å². The Labute approximate surface area is 512 Å². The first-order valence-corrected chi connectivity index (χ1v) is 34.4. The molecule has 0 aromatic heterocycles. The molecule has 502 valence electrons. The van der Waals surface area contributed by atoms with Crippen molar-refractivity contribution in [2.24, 2.45) is 0 Å². The Bertz CT molecular complexity index is 1600. The fourth-order valence-corrected chi connectivity index (χ4v) is 12.0. The maximum Gasteiger partial charge on any atom is 0.220 e. The quantitative estimate of drug-likeness (QED) is 0.0201. The Hall–Kier alpha value is -1.47. The summed E-state index contributed by atoms with van der Waals surface area (Å²) in [7, 11) is 0. The summed E-state index contributed by atoms with van der Waals surface area (Å²) in [4.78, 5) is 13.3. The minimum atomic E-state index is -1.97. The lowest BCUT2D eigenvalue weighted by Crippen LogP contribution is -2.66. The normalized spacial score (nSPS) is 29.0. The number of hydrogen-bond donors (Lipinski definition) is 12. The lowest BCUT2D eigenvalue weighted by molar-refractivity contribution is -0.379. The zero-order chi connectivity index (χ0) is 61.9. The number of aliphatic hydroxyl groups is 11. The molecule has 0 aromatic rings. The first kappa shape index (κ1) is 77.8. The van der Waals surface area contributed by atoms with Gasteiger partial charge in [-0.05, 0) is 19.3 Å². The molecule has 0 aromatic carbocycles. The molecule has 0 spiro atoms. The van der Waals surface area contributed by atoms with Crippen LogP contribution >= 0.6 is 0 Å². The lowest BCUT2D eigenvalue weighted by atomic mass is 9.96.